The van der Waals surface area contributed by atoms with E-state index in [1.807, 2.05) is 29.4 Å². The summed E-state index contributed by atoms with van der Waals surface area (Å²) < 4.78 is 0. The Kier molecular flexibility index (Phi) is 3.22. The highest BCUT2D eigenvalue weighted by atomic mass is 16.1. The van der Waals surface area contributed by atoms with Gasteiger partial charge in [-0.25, -0.2) is 0 Å². The number of Topliss-reactive ketones (excluding diaryl/α,β-unsaturated/α-hetero) is 1. The van der Waals surface area contributed by atoms with E-state index in [1.165, 1.54) is 5.56 Å². The molecular weight excluding hydrogens is 202 g/mol. The van der Waals surface area contributed by atoms with Gasteiger partial charge in [0.15, 0.2) is 0 Å². The van der Waals surface area contributed by atoms with Gasteiger partial charge in [-0.05, 0) is 12.5 Å². The number of ketones is 1. The molecule has 0 aliphatic carbocycles. The van der Waals surface area contributed by atoms with Crippen molar-refractivity contribution in [1.29, 1.82) is 0 Å². The molecule has 4 nitrogen and oxygen atoms in total. The number of carbonyl (C=O) groups is 1. The number of hydrazine groups is 2. The summed E-state index contributed by atoms with van der Waals surface area (Å²) in [7, 11) is 0. The average Bonchev–Trinajstić information content (AvgIpc) is 2.66. The lowest BCUT2D eigenvalue weighted by Crippen LogP contribution is -2.36. The van der Waals surface area contributed by atoms with Gasteiger partial charge >= 0.3 is 0 Å². The fourth-order valence-corrected chi connectivity index (χ4v) is 1.62. The highest BCUT2D eigenvalue weighted by Gasteiger charge is 2.12. The van der Waals surface area contributed by atoms with Crippen molar-refractivity contribution in [2.24, 2.45) is 0 Å². The van der Waals surface area contributed by atoms with Gasteiger partial charge in [0.25, 0.3) is 0 Å². The predicted octanol–water partition coefficient (Wildman–Crippen LogP) is 1.33. The maximum absolute atomic E-state index is 10.9. The van der Waals surface area contributed by atoms with Gasteiger partial charge in [-0.3, -0.25) is 9.80 Å². The van der Waals surface area contributed by atoms with Gasteiger partial charge < -0.3 is 5.43 Å². The molecule has 1 aliphatic heterocycles. The van der Waals surface area contributed by atoms with E-state index in [4.69, 9.17) is 0 Å². The van der Waals surface area contributed by atoms with Gasteiger partial charge in [-0.15, -0.1) is 5.53 Å². The van der Waals surface area contributed by atoms with Crippen molar-refractivity contribution in [1.82, 2.24) is 16.0 Å². The van der Waals surface area contributed by atoms with Crippen LogP contribution >= 0.6 is 0 Å². The van der Waals surface area contributed by atoms with Gasteiger partial charge in [0.2, 0.25) is 0 Å². The Hall–Kier alpha value is -1.81. The number of rotatable bonds is 4. The minimum atomic E-state index is 0.155. The number of carbonyl (C=O) groups excluding carboxylic acids is 1. The van der Waals surface area contributed by atoms with Gasteiger partial charge in [-0.2, -0.15) is 0 Å². The molecule has 4 heteroatoms. The molecule has 84 valence electrons. The highest BCUT2D eigenvalue weighted by Crippen LogP contribution is 2.09. The summed E-state index contributed by atoms with van der Waals surface area (Å²) >= 11 is 0. The molecule has 0 spiro atoms. The second-order valence-corrected chi connectivity index (χ2v) is 3.88. The maximum atomic E-state index is 10.9. The quantitative estimate of drug-likeness (QED) is 0.798. The van der Waals surface area contributed by atoms with Gasteiger partial charge in [0.05, 0.1) is 12.2 Å². The molecule has 0 bridgehead atoms. The van der Waals surface area contributed by atoms with Crippen LogP contribution in [0, 0.1) is 0 Å². The third-order valence-corrected chi connectivity index (χ3v) is 2.31. The van der Waals surface area contributed by atoms with Crippen molar-refractivity contribution < 1.29 is 4.79 Å². The van der Waals surface area contributed by atoms with E-state index >= 15 is 0 Å². The Balaban J connectivity index is 1.93. The summed E-state index contributed by atoms with van der Waals surface area (Å²) in [6.07, 6.45) is 2.37. The van der Waals surface area contributed by atoms with Crippen LogP contribution in [-0.2, 0) is 11.3 Å². The SMILES string of the molecule is CC(=O)CC1=CN(Cc2ccccc2)NN1. The molecule has 1 aliphatic rings. The van der Waals surface area contributed by atoms with Crippen molar-refractivity contribution in [3.05, 3.63) is 47.8 Å². The van der Waals surface area contributed by atoms with E-state index < -0.39 is 0 Å². The molecule has 0 amide bonds. The Morgan fingerprint density at radius 2 is 2.06 bits per heavy atom. The van der Waals surface area contributed by atoms with Crippen LogP contribution in [0.15, 0.2) is 42.2 Å². The first-order valence-electron chi connectivity index (χ1n) is 5.26. The molecular formula is C12H15N3O. The molecule has 0 atom stereocenters. The van der Waals surface area contributed by atoms with Crippen LogP contribution in [0.5, 0.6) is 0 Å². The molecule has 0 saturated heterocycles. The van der Waals surface area contributed by atoms with Crippen molar-refractivity contribution in [3.8, 4) is 0 Å². The summed E-state index contributed by atoms with van der Waals surface area (Å²) in [5, 5.41) is 1.92. The van der Waals surface area contributed by atoms with E-state index in [0.717, 1.165) is 12.2 Å². The Morgan fingerprint density at radius 3 is 2.75 bits per heavy atom. The van der Waals surface area contributed by atoms with Crippen LogP contribution in [0.2, 0.25) is 0 Å². The Morgan fingerprint density at radius 1 is 1.31 bits per heavy atom. The lowest BCUT2D eigenvalue weighted by molar-refractivity contribution is -0.116. The van der Waals surface area contributed by atoms with E-state index in [9.17, 15) is 4.79 Å². The van der Waals surface area contributed by atoms with Crippen LogP contribution in [-0.4, -0.2) is 10.8 Å². The molecule has 1 heterocycles. The maximum Gasteiger partial charge on any atom is 0.135 e. The zero-order valence-corrected chi connectivity index (χ0v) is 9.23. The van der Waals surface area contributed by atoms with E-state index in [1.54, 1.807) is 6.92 Å². The zero-order chi connectivity index (χ0) is 11.4. The summed E-state index contributed by atoms with van der Waals surface area (Å²) in [4.78, 5) is 10.9. The Labute approximate surface area is 94.9 Å². The van der Waals surface area contributed by atoms with Crippen LogP contribution in [0.1, 0.15) is 18.9 Å². The first-order valence-corrected chi connectivity index (χ1v) is 5.26. The van der Waals surface area contributed by atoms with Crippen molar-refractivity contribution >= 4 is 5.78 Å². The molecule has 0 radical (unpaired) electrons. The Bertz CT molecular complexity index is 400. The molecule has 1 aromatic carbocycles. The zero-order valence-electron chi connectivity index (χ0n) is 9.23. The van der Waals surface area contributed by atoms with Gasteiger partial charge in [0.1, 0.15) is 5.78 Å². The topological polar surface area (TPSA) is 44.4 Å². The first kappa shape index (κ1) is 10.7. The van der Waals surface area contributed by atoms with Gasteiger partial charge in [-0.1, -0.05) is 30.3 Å². The standard InChI is InChI=1S/C12H15N3O/c1-10(16)7-12-9-15(14-13-12)8-11-5-3-2-4-6-11/h2-6,9,13-14H,7-8H2,1H3. The lowest BCUT2D eigenvalue weighted by atomic mass is 10.2. The van der Waals surface area contributed by atoms with Crippen LogP contribution in [0.25, 0.3) is 0 Å². The monoisotopic (exact) mass is 217 g/mol. The first-order chi connectivity index (χ1) is 7.74. The molecule has 2 N–H and O–H groups in total. The molecule has 0 saturated carbocycles. The predicted molar refractivity (Wildman–Crippen MR) is 61.6 cm³/mol. The molecule has 0 aromatic heterocycles. The average molecular weight is 217 g/mol. The van der Waals surface area contributed by atoms with Crippen molar-refractivity contribution in [2.75, 3.05) is 0 Å². The molecule has 1 aromatic rings. The van der Waals surface area contributed by atoms with Gasteiger partial charge in [0, 0.05) is 12.6 Å². The summed E-state index contributed by atoms with van der Waals surface area (Å²) in [5.74, 6) is 0.155. The minimum Gasteiger partial charge on any atom is -0.306 e. The normalized spacial score (nSPS) is 14.6. The van der Waals surface area contributed by atoms with Crippen molar-refractivity contribution in [2.45, 2.75) is 19.9 Å². The molecule has 0 unspecified atom stereocenters. The largest absolute Gasteiger partial charge is 0.306 e. The second-order valence-electron chi connectivity index (χ2n) is 3.88. The number of nitrogens with zero attached hydrogens (tertiary/aromatic N) is 1. The van der Waals surface area contributed by atoms with E-state index in [2.05, 4.69) is 23.1 Å². The third kappa shape index (κ3) is 2.84. The molecule has 16 heavy (non-hydrogen) atoms. The third-order valence-electron chi connectivity index (χ3n) is 2.31. The van der Waals surface area contributed by atoms with E-state index in [0.29, 0.717) is 6.42 Å². The smallest absolute Gasteiger partial charge is 0.135 e. The summed E-state index contributed by atoms with van der Waals surface area (Å²) in [5.41, 5.74) is 8.10. The summed E-state index contributed by atoms with van der Waals surface area (Å²) in [6, 6.07) is 10.2. The number of nitrogens with one attached hydrogen (secondary N) is 2. The fourth-order valence-electron chi connectivity index (χ4n) is 1.62. The minimum absolute atomic E-state index is 0.155. The van der Waals surface area contributed by atoms with Crippen LogP contribution < -0.4 is 11.0 Å². The fraction of sp³-hybridized carbons (Fsp3) is 0.250. The summed E-state index contributed by atoms with van der Waals surface area (Å²) in [6.45, 7) is 2.36. The van der Waals surface area contributed by atoms with E-state index in [-0.39, 0.29) is 5.78 Å². The second kappa shape index (κ2) is 4.81. The molecule has 2 rings (SSSR count). The van der Waals surface area contributed by atoms with Crippen LogP contribution in [0.3, 0.4) is 0 Å². The number of hydrogen-bond donors (Lipinski definition) is 2. The van der Waals surface area contributed by atoms with Crippen LogP contribution in [0.4, 0.5) is 0 Å². The number of benzene rings is 1. The molecule has 0 fully saturated rings. The highest BCUT2D eigenvalue weighted by molar-refractivity contribution is 5.77. The lowest BCUT2D eigenvalue weighted by Gasteiger charge is -2.14. The van der Waals surface area contributed by atoms with Crippen molar-refractivity contribution in [3.63, 3.8) is 0 Å². The number of hydrogen-bond acceptors (Lipinski definition) is 4. The number of allylic oxidation sites excluding steroid dienone is 1.